The van der Waals surface area contributed by atoms with Gasteiger partial charge in [-0.15, -0.1) is 10.2 Å². The van der Waals surface area contributed by atoms with E-state index in [-0.39, 0.29) is 11.7 Å². The van der Waals surface area contributed by atoms with Gasteiger partial charge < -0.3 is 0 Å². The van der Waals surface area contributed by atoms with Crippen molar-refractivity contribution in [1.29, 1.82) is 0 Å². The van der Waals surface area contributed by atoms with Gasteiger partial charge in [0.1, 0.15) is 5.82 Å². The predicted molar refractivity (Wildman–Crippen MR) is 96.8 cm³/mol. The summed E-state index contributed by atoms with van der Waals surface area (Å²) in [5.74, 6) is 0.749. The van der Waals surface area contributed by atoms with Crippen molar-refractivity contribution in [2.75, 3.05) is 5.75 Å². The summed E-state index contributed by atoms with van der Waals surface area (Å²) >= 11 is 1.31. The van der Waals surface area contributed by atoms with Crippen LogP contribution >= 0.6 is 11.8 Å². The lowest BCUT2D eigenvalue weighted by molar-refractivity contribution is -0.118. The summed E-state index contributed by atoms with van der Waals surface area (Å²) in [7, 11) is 0. The first kappa shape index (κ1) is 16.8. The molecule has 1 N–H and O–H groups in total. The molecule has 3 aromatic rings. The molecule has 3 rings (SSSR count). The van der Waals surface area contributed by atoms with Gasteiger partial charge in [0, 0.05) is 18.1 Å². The summed E-state index contributed by atoms with van der Waals surface area (Å²) in [5, 5.41) is 12.8. The summed E-state index contributed by atoms with van der Waals surface area (Å²) < 4.78 is 1.91. The van der Waals surface area contributed by atoms with Crippen molar-refractivity contribution in [3.8, 4) is 5.69 Å². The third-order valence-electron chi connectivity index (χ3n) is 3.25. The molecule has 0 atom stereocenters. The second-order valence-electron chi connectivity index (χ2n) is 5.06. The molecule has 0 saturated heterocycles. The molecule has 0 radical (unpaired) electrons. The number of hydrogen-bond acceptors (Lipinski definition) is 6. The van der Waals surface area contributed by atoms with E-state index in [1.165, 1.54) is 11.8 Å². The van der Waals surface area contributed by atoms with Gasteiger partial charge in [0.05, 0.1) is 12.0 Å². The SMILES string of the molecule is Cc1nnc(SCC(=O)N/N=C\c2ccncc2)n1-c1ccccc1. The zero-order valence-corrected chi connectivity index (χ0v) is 14.3. The maximum atomic E-state index is 11.9. The number of nitrogens with one attached hydrogen (secondary N) is 1. The maximum absolute atomic E-state index is 11.9. The number of thioether (sulfide) groups is 1. The van der Waals surface area contributed by atoms with Crippen LogP contribution in [-0.2, 0) is 4.79 Å². The van der Waals surface area contributed by atoms with E-state index in [0.29, 0.717) is 5.16 Å². The number of aryl methyl sites for hydroxylation is 1. The summed E-state index contributed by atoms with van der Waals surface area (Å²) in [6.45, 7) is 1.88. The van der Waals surface area contributed by atoms with Gasteiger partial charge in [-0.1, -0.05) is 30.0 Å². The fourth-order valence-electron chi connectivity index (χ4n) is 2.10. The number of pyridine rings is 1. The number of hydrazone groups is 1. The van der Waals surface area contributed by atoms with E-state index in [0.717, 1.165) is 17.1 Å². The summed E-state index contributed by atoms with van der Waals surface area (Å²) in [5.41, 5.74) is 4.32. The summed E-state index contributed by atoms with van der Waals surface area (Å²) in [6, 6.07) is 13.4. The lowest BCUT2D eigenvalue weighted by Crippen LogP contribution is -2.20. The predicted octanol–water partition coefficient (Wildman–Crippen LogP) is 2.21. The normalized spacial score (nSPS) is 10.9. The van der Waals surface area contributed by atoms with Crippen molar-refractivity contribution in [3.63, 3.8) is 0 Å². The molecule has 0 aliphatic rings. The molecular formula is C17H16N6OS. The highest BCUT2D eigenvalue weighted by atomic mass is 32.2. The first-order valence-electron chi connectivity index (χ1n) is 7.56. The molecule has 1 amide bonds. The number of para-hydroxylation sites is 1. The zero-order chi connectivity index (χ0) is 17.5. The van der Waals surface area contributed by atoms with Gasteiger partial charge in [0.25, 0.3) is 5.91 Å². The minimum Gasteiger partial charge on any atom is -0.274 e. The molecule has 7 nitrogen and oxygen atoms in total. The van der Waals surface area contributed by atoms with Crippen LogP contribution in [0.15, 0.2) is 65.1 Å². The second kappa shape index (κ2) is 8.20. The number of nitrogens with zero attached hydrogens (tertiary/aromatic N) is 5. The molecule has 0 spiro atoms. The zero-order valence-electron chi connectivity index (χ0n) is 13.5. The molecule has 8 heteroatoms. The standard InChI is InChI=1S/C17H16N6OS/c1-13-20-22-17(23(13)15-5-3-2-4-6-15)25-12-16(24)21-19-11-14-7-9-18-10-8-14/h2-11H,12H2,1H3,(H,21,24)/b19-11-. The second-order valence-corrected chi connectivity index (χ2v) is 6.01. The number of hydrogen-bond donors (Lipinski definition) is 1. The van der Waals surface area contributed by atoms with Crippen LogP contribution in [0.3, 0.4) is 0 Å². The van der Waals surface area contributed by atoms with E-state index in [9.17, 15) is 4.79 Å². The molecule has 1 aromatic carbocycles. The maximum Gasteiger partial charge on any atom is 0.250 e. The Morgan fingerprint density at radius 3 is 2.72 bits per heavy atom. The third-order valence-corrected chi connectivity index (χ3v) is 4.18. The van der Waals surface area contributed by atoms with Gasteiger partial charge in [0.15, 0.2) is 5.16 Å². The fourth-order valence-corrected chi connectivity index (χ4v) is 2.89. The molecule has 0 aliphatic heterocycles. The van der Waals surface area contributed by atoms with Crippen molar-refractivity contribution in [2.24, 2.45) is 5.10 Å². The molecule has 2 heterocycles. The fraction of sp³-hybridized carbons (Fsp3) is 0.118. The van der Waals surface area contributed by atoms with Crippen molar-refractivity contribution >= 4 is 23.9 Å². The Balaban J connectivity index is 1.59. The van der Waals surface area contributed by atoms with Crippen molar-refractivity contribution < 1.29 is 4.79 Å². The molecule has 0 fully saturated rings. The molecule has 2 aromatic heterocycles. The topological polar surface area (TPSA) is 85.1 Å². The summed E-state index contributed by atoms with van der Waals surface area (Å²) in [4.78, 5) is 15.9. The average Bonchev–Trinajstić information content (AvgIpc) is 3.02. The van der Waals surface area contributed by atoms with Crippen LogP contribution in [0.1, 0.15) is 11.4 Å². The van der Waals surface area contributed by atoms with Crippen LogP contribution in [0.4, 0.5) is 0 Å². The van der Waals surface area contributed by atoms with Gasteiger partial charge in [-0.05, 0) is 36.8 Å². The molecule has 25 heavy (non-hydrogen) atoms. The Morgan fingerprint density at radius 2 is 1.96 bits per heavy atom. The minimum absolute atomic E-state index is 0.193. The van der Waals surface area contributed by atoms with E-state index < -0.39 is 0 Å². The highest BCUT2D eigenvalue weighted by Gasteiger charge is 2.12. The van der Waals surface area contributed by atoms with Crippen LogP contribution in [0, 0.1) is 6.92 Å². The molecule has 0 aliphatic carbocycles. The van der Waals surface area contributed by atoms with Gasteiger partial charge >= 0.3 is 0 Å². The van der Waals surface area contributed by atoms with Gasteiger partial charge in [-0.3, -0.25) is 14.3 Å². The monoisotopic (exact) mass is 352 g/mol. The average molecular weight is 352 g/mol. The number of carbonyl (C=O) groups is 1. The Bertz CT molecular complexity index is 863. The van der Waals surface area contributed by atoms with Crippen molar-refractivity contribution in [1.82, 2.24) is 25.2 Å². The Kier molecular flexibility index (Phi) is 5.53. The largest absolute Gasteiger partial charge is 0.274 e. The molecule has 126 valence electrons. The van der Waals surface area contributed by atoms with E-state index in [4.69, 9.17) is 0 Å². The van der Waals surface area contributed by atoms with Crippen LogP contribution in [0.5, 0.6) is 0 Å². The highest BCUT2D eigenvalue weighted by Crippen LogP contribution is 2.21. The van der Waals surface area contributed by atoms with Crippen LogP contribution < -0.4 is 5.43 Å². The van der Waals surface area contributed by atoms with E-state index >= 15 is 0 Å². The van der Waals surface area contributed by atoms with Gasteiger partial charge in [-0.25, -0.2) is 5.43 Å². The number of carbonyl (C=O) groups excluding carboxylic acids is 1. The van der Waals surface area contributed by atoms with Gasteiger partial charge in [0.2, 0.25) is 0 Å². The lowest BCUT2D eigenvalue weighted by atomic mass is 10.3. The number of benzene rings is 1. The molecular weight excluding hydrogens is 336 g/mol. The lowest BCUT2D eigenvalue weighted by Gasteiger charge is -2.07. The van der Waals surface area contributed by atoms with E-state index in [1.807, 2.05) is 41.8 Å². The quantitative estimate of drug-likeness (QED) is 0.418. The first-order chi connectivity index (χ1) is 12.2. The Labute approximate surface area is 149 Å². The van der Waals surface area contributed by atoms with Gasteiger partial charge in [-0.2, -0.15) is 5.10 Å². The van der Waals surface area contributed by atoms with E-state index in [2.05, 4.69) is 25.7 Å². The van der Waals surface area contributed by atoms with E-state index in [1.54, 1.807) is 30.7 Å². The Morgan fingerprint density at radius 1 is 1.20 bits per heavy atom. The smallest absolute Gasteiger partial charge is 0.250 e. The van der Waals surface area contributed by atoms with Crippen LogP contribution in [-0.4, -0.2) is 37.6 Å². The Hall–Kier alpha value is -3.00. The number of amides is 1. The van der Waals surface area contributed by atoms with Crippen LogP contribution in [0.25, 0.3) is 5.69 Å². The minimum atomic E-state index is -0.212. The summed E-state index contributed by atoms with van der Waals surface area (Å²) in [6.07, 6.45) is 4.90. The number of aromatic nitrogens is 4. The molecule has 0 saturated carbocycles. The molecule has 0 bridgehead atoms. The third kappa shape index (κ3) is 4.51. The van der Waals surface area contributed by atoms with Crippen LogP contribution in [0.2, 0.25) is 0 Å². The number of rotatable bonds is 6. The molecule has 0 unspecified atom stereocenters. The van der Waals surface area contributed by atoms with Crippen molar-refractivity contribution in [3.05, 3.63) is 66.2 Å². The first-order valence-corrected chi connectivity index (χ1v) is 8.55. The van der Waals surface area contributed by atoms with Crippen molar-refractivity contribution in [2.45, 2.75) is 12.1 Å². The highest BCUT2D eigenvalue weighted by molar-refractivity contribution is 7.99.